The van der Waals surface area contributed by atoms with Crippen LogP contribution < -0.4 is 15.6 Å². The van der Waals surface area contributed by atoms with Crippen LogP contribution in [0, 0.1) is 0 Å². The minimum atomic E-state index is -0.0913. The Balaban J connectivity index is 1.67. The molecule has 0 bridgehead atoms. The Morgan fingerprint density at radius 2 is 2.03 bits per heavy atom. The number of nitrogens with zero attached hydrogens (tertiary/aromatic N) is 2. The third-order valence-corrected chi connectivity index (χ3v) is 6.25. The van der Waals surface area contributed by atoms with Gasteiger partial charge in [0, 0.05) is 35.9 Å². The van der Waals surface area contributed by atoms with Crippen molar-refractivity contribution in [3.63, 3.8) is 0 Å². The highest BCUT2D eigenvalue weighted by atomic mass is 79.9. The molecule has 2 aromatic carbocycles. The molecule has 0 aliphatic carbocycles. The highest BCUT2D eigenvalue weighted by Crippen LogP contribution is 2.30. The van der Waals surface area contributed by atoms with Gasteiger partial charge in [0.2, 0.25) is 0 Å². The van der Waals surface area contributed by atoms with E-state index in [1.807, 2.05) is 36.5 Å². The van der Waals surface area contributed by atoms with Gasteiger partial charge in [-0.2, -0.15) is 0 Å². The fraction of sp³-hybridized carbons (Fsp3) is 0.348. The van der Waals surface area contributed by atoms with Gasteiger partial charge in [-0.3, -0.25) is 10.2 Å². The smallest absolute Gasteiger partial charge is 0.273 e. The summed E-state index contributed by atoms with van der Waals surface area (Å²) in [6.07, 6.45) is 2.88. The number of amides is 1. The van der Waals surface area contributed by atoms with Crippen molar-refractivity contribution in [2.24, 2.45) is 0 Å². The normalized spacial score (nSPS) is 13.4. The number of thioether (sulfide) groups is 1. The maximum absolute atomic E-state index is 12.3. The van der Waals surface area contributed by atoms with Crippen molar-refractivity contribution in [1.82, 2.24) is 20.9 Å². The molecule has 1 heterocycles. The third-order valence-electron chi connectivity index (χ3n) is 4.76. The van der Waals surface area contributed by atoms with E-state index in [9.17, 15) is 4.79 Å². The Morgan fingerprint density at radius 1 is 1.23 bits per heavy atom. The van der Waals surface area contributed by atoms with Crippen LogP contribution in [-0.2, 0) is 17.9 Å². The van der Waals surface area contributed by atoms with Crippen LogP contribution in [-0.4, -0.2) is 34.9 Å². The van der Waals surface area contributed by atoms with E-state index in [4.69, 9.17) is 4.74 Å². The zero-order chi connectivity index (χ0) is 22.1. The fourth-order valence-corrected chi connectivity index (χ4v) is 4.39. The quantitative estimate of drug-likeness (QED) is 0.343. The fourth-order valence-electron chi connectivity index (χ4n) is 3.09. The number of nitrogens with one attached hydrogen (secondary N) is 2. The van der Waals surface area contributed by atoms with Crippen molar-refractivity contribution >= 4 is 33.6 Å². The van der Waals surface area contributed by atoms with Crippen LogP contribution in [0.5, 0.6) is 5.75 Å². The molecule has 3 rings (SSSR count). The zero-order valence-electron chi connectivity index (χ0n) is 17.9. The highest BCUT2D eigenvalue weighted by molar-refractivity contribution is 9.10. The summed E-state index contributed by atoms with van der Waals surface area (Å²) in [5, 5.41) is 4.31. The van der Waals surface area contributed by atoms with Crippen LogP contribution in [0.4, 0.5) is 0 Å². The molecule has 0 unspecified atom stereocenters. The first-order valence-corrected chi connectivity index (χ1v) is 12.2. The van der Waals surface area contributed by atoms with Crippen molar-refractivity contribution < 1.29 is 9.53 Å². The number of halogens is 1. The molecule has 0 spiro atoms. The standard InChI is InChI=1S/C23H29BrN4O2S/c1-3-12-25-26-23(29)22-15-28(17-31-22)27(4-2)14-19-13-20(24)10-11-21(19)30-16-18-8-6-5-7-9-18/h5-11,13,15,25H,3-4,12,14,16-17H2,1-2H3,(H,26,29). The SMILES string of the molecule is CCCNNC(=O)C1=CN(N(CC)Cc2cc(Br)ccc2OCc2ccccc2)CS1. The molecule has 0 saturated carbocycles. The number of carbonyl (C=O) groups excluding carboxylic acids is 1. The molecule has 2 aromatic rings. The third kappa shape index (κ3) is 7.00. The average molecular weight is 505 g/mol. The predicted octanol–water partition coefficient (Wildman–Crippen LogP) is 4.64. The number of rotatable bonds is 11. The lowest BCUT2D eigenvalue weighted by molar-refractivity contribution is -0.117. The summed E-state index contributed by atoms with van der Waals surface area (Å²) < 4.78 is 7.15. The van der Waals surface area contributed by atoms with Crippen molar-refractivity contribution in [1.29, 1.82) is 0 Å². The summed E-state index contributed by atoms with van der Waals surface area (Å²) in [6, 6.07) is 16.3. The summed E-state index contributed by atoms with van der Waals surface area (Å²) >= 11 is 5.12. The Bertz CT molecular complexity index is 894. The van der Waals surface area contributed by atoms with E-state index in [0.717, 1.165) is 40.9 Å². The molecule has 1 amide bonds. The lowest BCUT2D eigenvalue weighted by Gasteiger charge is -2.30. The maximum atomic E-state index is 12.3. The summed E-state index contributed by atoms with van der Waals surface area (Å²) in [4.78, 5) is 13.0. The van der Waals surface area contributed by atoms with Crippen LogP contribution >= 0.6 is 27.7 Å². The first-order valence-electron chi connectivity index (χ1n) is 10.4. The van der Waals surface area contributed by atoms with Gasteiger partial charge in [0.15, 0.2) is 0 Å². The second-order valence-electron chi connectivity index (χ2n) is 7.09. The van der Waals surface area contributed by atoms with Crippen LogP contribution in [0.2, 0.25) is 0 Å². The van der Waals surface area contributed by atoms with E-state index in [1.165, 1.54) is 11.8 Å². The van der Waals surface area contributed by atoms with Gasteiger partial charge < -0.3 is 9.75 Å². The highest BCUT2D eigenvalue weighted by Gasteiger charge is 2.23. The van der Waals surface area contributed by atoms with Gasteiger partial charge in [-0.15, -0.1) is 0 Å². The van der Waals surface area contributed by atoms with E-state index < -0.39 is 0 Å². The molecule has 1 aliphatic heterocycles. The van der Waals surface area contributed by atoms with Crippen LogP contribution in [0.15, 0.2) is 64.1 Å². The number of ether oxygens (including phenoxy) is 1. The van der Waals surface area contributed by atoms with Gasteiger partial charge >= 0.3 is 0 Å². The first-order chi connectivity index (χ1) is 15.1. The second kappa shape index (κ2) is 12.1. The molecule has 0 radical (unpaired) electrons. The maximum Gasteiger partial charge on any atom is 0.273 e. The molecule has 0 atom stereocenters. The monoisotopic (exact) mass is 504 g/mol. The molecule has 31 heavy (non-hydrogen) atoms. The molecule has 8 heteroatoms. The predicted molar refractivity (Wildman–Crippen MR) is 130 cm³/mol. The van der Waals surface area contributed by atoms with E-state index in [2.05, 4.69) is 68.8 Å². The van der Waals surface area contributed by atoms with Gasteiger partial charge in [0.1, 0.15) is 12.4 Å². The van der Waals surface area contributed by atoms with Crippen LogP contribution in [0.25, 0.3) is 0 Å². The lowest BCUT2D eigenvalue weighted by Crippen LogP contribution is -2.38. The Kier molecular flexibility index (Phi) is 9.27. The molecule has 0 saturated heterocycles. The van der Waals surface area contributed by atoms with Gasteiger partial charge in [-0.1, -0.05) is 71.9 Å². The van der Waals surface area contributed by atoms with E-state index in [-0.39, 0.29) is 5.91 Å². The van der Waals surface area contributed by atoms with E-state index >= 15 is 0 Å². The van der Waals surface area contributed by atoms with Crippen molar-refractivity contribution in [2.45, 2.75) is 33.4 Å². The van der Waals surface area contributed by atoms with E-state index in [0.29, 0.717) is 23.9 Å². The molecular weight excluding hydrogens is 476 g/mol. The average Bonchev–Trinajstić information content (AvgIpc) is 3.28. The summed E-state index contributed by atoms with van der Waals surface area (Å²) in [5.41, 5.74) is 7.92. The molecule has 0 aromatic heterocycles. The number of hydrogen-bond acceptors (Lipinski definition) is 6. The topological polar surface area (TPSA) is 56.8 Å². The van der Waals surface area contributed by atoms with Gasteiger partial charge in [0.25, 0.3) is 5.91 Å². The minimum Gasteiger partial charge on any atom is -0.489 e. The zero-order valence-corrected chi connectivity index (χ0v) is 20.3. The number of carbonyl (C=O) groups is 1. The summed E-state index contributed by atoms with van der Waals surface area (Å²) in [6.45, 7) is 6.94. The Hall–Kier alpha value is -2.00. The molecule has 6 nitrogen and oxygen atoms in total. The first kappa shape index (κ1) is 23.7. The van der Waals surface area contributed by atoms with Gasteiger partial charge in [-0.05, 0) is 30.2 Å². The second-order valence-corrected chi connectivity index (χ2v) is 9.00. The summed E-state index contributed by atoms with van der Waals surface area (Å²) in [5.74, 6) is 1.48. The molecule has 1 aliphatic rings. The number of hydrazine groups is 2. The van der Waals surface area contributed by atoms with Crippen molar-refractivity contribution in [3.05, 3.63) is 75.2 Å². The van der Waals surface area contributed by atoms with Crippen molar-refractivity contribution in [3.8, 4) is 5.75 Å². The van der Waals surface area contributed by atoms with E-state index in [1.54, 1.807) is 0 Å². The molecule has 2 N–H and O–H groups in total. The Morgan fingerprint density at radius 3 is 2.77 bits per heavy atom. The largest absolute Gasteiger partial charge is 0.489 e. The number of benzene rings is 2. The molecule has 0 fully saturated rings. The lowest BCUT2D eigenvalue weighted by atomic mass is 10.2. The minimum absolute atomic E-state index is 0.0913. The van der Waals surface area contributed by atoms with Crippen LogP contribution in [0.3, 0.4) is 0 Å². The summed E-state index contributed by atoms with van der Waals surface area (Å²) in [7, 11) is 0. The number of hydrogen-bond donors (Lipinski definition) is 2. The van der Waals surface area contributed by atoms with Crippen molar-refractivity contribution in [2.75, 3.05) is 19.0 Å². The molecule has 166 valence electrons. The van der Waals surface area contributed by atoms with Gasteiger partial charge in [-0.25, -0.2) is 10.4 Å². The van der Waals surface area contributed by atoms with Gasteiger partial charge in [0.05, 0.1) is 10.8 Å². The molecular formula is C23H29BrN4O2S. The Labute approximate surface area is 197 Å². The van der Waals surface area contributed by atoms with Crippen LogP contribution in [0.1, 0.15) is 31.4 Å².